The first kappa shape index (κ1) is 16.6. The molecule has 0 saturated carbocycles. The fourth-order valence-corrected chi connectivity index (χ4v) is 3.38. The fourth-order valence-electron chi connectivity index (χ4n) is 1.74. The van der Waals surface area contributed by atoms with Gasteiger partial charge in [0.15, 0.2) is 0 Å². The predicted molar refractivity (Wildman–Crippen MR) is 87.4 cm³/mol. The molecule has 0 aliphatic heterocycles. The summed E-state index contributed by atoms with van der Waals surface area (Å²) in [5.74, 6) is -0.162. The molecule has 0 amide bonds. The highest BCUT2D eigenvalue weighted by atomic mass is 35.5. The number of hydrogen-bond acceptors (Lipinski definition) is 2. The van der Waals surface area contributed by atoms with Crippen molar-refractivity contribution >= 4 is 44.8 Å². The van der Waals surface area contributed by atoms with Gasteiger partial charge in [-0.3, -0.25) is 0 Å². The van der Waals surface area contributed by atoms with Gasteiger partial charge in [0.1, 0.15) is 0 Å². The Bertz CT molecular complexity index is 748. The predicted octanol–water partition coefficient (Wildman–Crippen LogP) is 4.27. The molecular weight excluding hydrogens is 353 g/mol. The van der Waals surface area contributed by atoms with Gasteiger partial charge in [-0.2, -0.15) is 0 Å². The average Bonchev–Trinajstić information content (AvgIpc) is 2.41. The Balaban J connectivity index is 2.03. The summed E-state index contributed by atoms with van der Waals surface area (Å²) in [6.45, 7) is 0.185. The van der Waals surface area contributed by atoms with Gasteiger partial charge in [-0.05, 0) is 35.4 Å². The first-order valence-corrected chi connectivity index (χ1v) is 8.80. The van der Waals surface area contributed by atoms with E-state index in [1.807, 2.05) is 0 Å². The van der Waals surface area contributed by atoms with Crippen LogP contribution in [0.4, 0.5) is 0 Å². The van der Waals surface area contributed by atoms with Gasteiger partial charge in [0.2, 0.25) is 10.0 Å². The molecule has 112 valence electrons. The van der Waals surface area contributed by atoms with Gasteiger partial charge in [-0.15, -0.1) is 0 Å². The minimum Gasteiger partial charge on any atom is -0.212 e. The summed E-state index contributed by atoms with van der Waals surface area (Å²) < 4.78 is 26.6. The van der Waals surface area contributed by atoms with Crippen LogP contribution in [0.2, 0.25) is 15.1 Å². The third-order valence-electron chi connectivity index (χ3n) is 2.73. The number of sulfonamides is 1. The van der Waals surface area contributed by atoms with Gasteiger partial charge in [-0.25, -0.2) is 13.1 Å². The molecule has 0 heterocycles. The first-order chi connectivity index (χ1) is 9.85. The van der Waals surface area contributed by atoms with Crippen LogP contribution in [0, 0.1) is 0 Å². The van der Waals surface area contributed by atoms with Crippen molar-refractivity contribution in [2.24, 2.45) is 0 Å². The lowest BCUT2D eigenvalue weighted by molar-refractivity contribution is 0.580. The molecule has 2 aromatic rings. The Kier molecular flexibility index (Phi) is 5.52. The van der Waals surface area contributed by atoms with Crippen LogP contribution in [0.25, 0.3) is 0 Å². The van der Waals surface area contributed by atoms with Crippen molar-refractivity contribution in [1.82, 2.24) is 4.72 Å². The second-order valence-electron chi connectivity index (χ2n) is 4.46. The number of nitrogens with one attached hydrogen (secondary N) is 1. The summed E-state index contributed by atoms with van der Waals surface area (Å²) in [4.78, 5) is 0. The number of hydrogen-bond donors (Lipinski definition) is 1. The molecule has 0 atom stereocenters. The normalized spacial score (nSPS) is 11.6. The highest BCUT2D eigenvalue weighted by molar-refractivity contribution is 7.88. The minimum atomic E-state index is -3.47. The first-order valence-electron chi connectivity index (χ1n) is 6.01. The van der Waals surface area contributed by atoms with Crippen molar-refractivity contribution in [1.29, 1.82) is 0 Å². The van der Waals surface area contributed by atoms with Gasteiger partial charge in [-0.1, -0.05) is 53.0 Å². The standard InChI is InChI=1S/C14H12Cl3NO2S/c15-12-3-1-2-10(6-12)8-18-21(19,20)9-11-4-5-13(16)14(17)7-11/h1-7,18H,8-9H2. The second-order valence-corrected chi connectivity index (χ2v) is 7.52. The Morgan fingerprint density at radius 3 is 2.33 bits per heavy atom. The summed E-state index contributed by atoms with van der Waals surface area (Å²) in [7, 11) is -3.47. The molecule has 0 aromatic heterocycles. The zero-order valence-electron chi connectivity index (χ0n) is 10.8. The van der Waals surface area contributed by atoms with E-state index in [2.05, 4.69) is 4.72 Å². The molecule has 0 unspecified atom stereocenters. The molecule has 3 nitrogen and oxygen atoms in total. The summed E-state index contributed by atoms with van der Waals surface area (Å²) >= 11 is 17.5. The van der Waals surface area contributed by atoms with Gasteiger partial charge in [0.25, 0.3) is 0 Å². The number of halogens is 3. The van der Waals surface area contributed by atoms with Crippen molar-refractivity contribution in [3.05, 3.63) is 68.7 Å². The molecule has 1 N–H and O–H groups in total. The Morgan fingerprint density at radius 1 is 0.905 bits per heavy atom. The monoisotopic (exact) mass is 363 g/mol. The Morgan fingerprint density at radius 2 is 1.67 bits per heavy atom. The zero-order chi connectivity index (χ0) is 15.5. The minimum absolute atomic E-state index is 0.162. The Labute approximate surface area is 138 Å². The van der Waals surface area contributed by atoms with E-state index in [0.29, 0.717) is 20.6 Å². The van der Waals surface area contributed by atoms with Gasteiger partial charge in [0.05, 0.1) is 15.8 Å². The highest BCUT2D eigenvalue weighted by Crippen LogP contribution is 2.23. The largest absolute Gasteiger partial charge is 0.216 e. The van der Waals surface area contributed by atoms with E-state index < -0.39 is 10.0 Å². The average molecular weight is 365 g/mol. The fraction of sp³-hybridized carbons (Fsp3) is 0.143. The summed E-state index contributed by atoms with van der Waals surface area (Å²) in [5.41, 5.74) is 1.36. The molecule has 0 bridgehead atoms. The molecule has 7 heteroatoms. The van der Waals surface area contributed by atoms with E-state index in [1.165, 1.54) is 0 Å². The molecular formula is C14H12Cl3NO2S. The maximum atomic E-state index is 12.0. The molecule has 2 aromatic carbocycles. The van der Waals surface area contributed by atoms with Crippen molar-refractivity contribution in [3.63, 3.8) is 0 Å². The number of rotatable bonds is 5. The molecule has 21 heavy (non-hydrogen) atoms. The Hall–Kier alpha value is -0.780. The topological polar surface area (TPSA) is 46.2 Å². The van der Waals surface area contributed by atoms with Crippen LogP contribution in [-0.2, 0) is 22.3 Å². The van der Waals surface area contributed by atoms with E-state index in [1.54, 1.807) is 42.5 Å². The van der Waals surface area contributed by atoms with E-state index in [9.17, 15) is 8.42 Å². The summed E-state index contributed by atoms with van der Waals surface area (Å²) in [5, 5.41) is 1.29. The third-order valence-corrected chi connectivity index (χ3v) is 5.00. The van der Waals surface area contributed by atoms with E-state index >= 15 is 0 Å². The van der Waals surface area contributed by atoms with Gasteiger partial charge < -0.3 is 0 Å². The van der Waals surface area contributed by atoms with Crippen LogP contribution >= 0.6 is 34.8 Å². The smallest absolute Gasteiger partial charge is 0.212 e. The van der Waals surface area contributed by atoms with Crippen molar-refractivity contribution in [2.75, 3.05) is 0 Å². The SMILES string of the molecule is O=S(=O)(Cc1ccc(Cl)c(Cl)c1)NCc1cccc(Cl)c1. The van der Waals surface area contributed by atoms with Crippen LogP contribution in [0.15, 0.2) is 42.5 Å². The van der Waals surface area contributed by atoms with Crippen LogP contribution in [0.3, 0.4) is 0 Å². The molecule has 0 aliphatic rings. The quantitative estimate of drug-likeness (QED) is 0.861. The lowest BCUT2D eigenvalue weighted by Crippen LogP contribution is -2.24. The lowest BCUT2D eigenvalue weighted by Gasteiger charge is -2.08. The molecule has 0 radical (unpaired) electrons. The second kappa shape index (κ2) is 6.99. The van der Waals surface area contributed by atoms with Crippen LogP contribution in [-0.4, -0.2) is 8.42 Å². The van der Waals surface area contributed by atoms with Crippen molar-refractivity contribution in [3.8, 4) is 0 Å². The third kappa shape index (κ3) is 5.16. The summed E-state index contributed by atoms with van der Waals surface area (Å²) in [6, 6.07) is 11.8. The molecule has 0 spiro atoms. The number of benzene rings is 2. The molecule has 0 saturated heterocycles. The van der Waals surface area contributed by atoms with E-state index in [4.69, 9.17) is 34.8 Å². The maximum Gasteiger partial charge on any atom is 0.216 e. The van der Waals surface area contributed by atoms with Crippen LogP contribution in [0.1, 0.15) is 11.1 Å². The lowest BCUT2D eigenvalue weighted by atomic mass is 10.2. The maximum absolute atomic E-state index is 12.0. The molecule has 2 rings (SSSR count). The zero-order valence-corrected chi connectivity index (χ0v) is 13.9. The molecule has 0 fully saturated rings. The van der Waals surface area contributed by atoms with Crippen LogP contribution in [0.5, 0.6) is 0 Å². The van der Waals surface area contributed by atoms with Crippen LogP contribution < -0.4 is 4.72 Å². The van der Waals surface area contributed by atoms with Crippen molar-refractivity contribution < 1.29 is 8.42 Å². The molecule has 0 aliphatic carbocycles. The van der Waals surface area contributed by atoms with E-state index in [0.717, 1.165) is 5.56 Å². The van der Waals surface area contributed by atoms with Crippen molar-refractivity contribution in [2.45, 2.75) is 12.3 Å². The van der Waals surface area contributed by atoms with Gasteiger partial charge >= 0.3 is 0 Å². The van der Waals surface area contributed by atoms with Gasteiger partial charge in [0, 0.05) is 11.6 Å². The summed E-state index contributed by atoms with van der Waals surface area (Å²) in [6.07, 6.45) is 0. The van der Waals surface area contributed by atoms with E-state index in [-0.39, 0.29) is 12.3 Å². The highest BCUT2D eigenvalue weighted by Gasteiger charge is 2.12.